The molecular formula is C8H9IN2O. The summed E-state index contributed by atoms with van der Waals surface area (Å²) in [6.07, 6.45) is 1.24. The second kappa shape index (κ2) is 4.42. The van der Waals surface area contributed by atoms with Gasteiger partial charge in [-0.15, -0.1) is 0 Å². The third-order valence-electron chi connectivity index (χ3n) is 1.43. The maximum Gasteiger partial charge on any atom is 0.113 e. The Hall–Kier alpha value is -0.620. The third kappa shape index (κ3) is 2.46. The van der Waals surface area contributed by atoms with Crippen LogP contribution in [0.15, 0.2) is 23.2 Å². The van der Waals surface area contributed by atoms with Crippen LogP contribution in [-0.4, -0.2) is 11.5 Å². The molecule has 0 unspecified atom stereocenters. The second-order valence-corrected chi connectivity index (χ2v) is 3.48. The molecule has 1 rings (SSSR count). The summed E-state index contributed by atoms with van der Waals surface area (Å²) < 4.78 is 1.17. The Labute approximate surface area is 84.6 Å². The highest BCUT2D eigenvalue weighted by Crippen LogP contribution is 2.18. The number of hydrogen-bond acceptors (Lipinski definition) is 2. The Balaban J connectivity index is 2.89. The summed E-state index contributed by atoms with van der Waals surface area (Å²) in [4.78, 5) is 3.94. The minimum atomic E-state index is 0.826. The molecule has 4 heteroatoms. The van der Waals surface area contributed by atoms with E-state index in [9.17, 15) is 0 Å². The molecule has 3 nitrogen and oxygen atoms in total. The van der Waals surface area contributed by atoms with Crippen molar-refractivity contribution < 1.29 is 5.21 Å². The summed E-state index contributed by atoms with van der Waals surface area (Å²) in [7, 11) is 0. The molecule has 0 saturated carbocycles. The smallest absolute Gasteiger partial charge is 0.113 e. The second-order valence-electron chi connectivity index (χ2n) is 2.32. The molecule has 0 fully saturated rings. The van der Waals surface area contributed by atoms with E-state index in [4.69, 9.17) is 5.21 Å². The number of hydroxylamine groups is 1. The Kier molecular flexibility index (Phi) is 3.48. The molecule has 64 valence electrons. The summed E-state index contributed by atoms with van der Waals surface area (Å²) >= 11 is 2.24. The zero-order valence-electron chi connectivity index (χ0n) is 6.58. The summed E-state index contributed by atoms with van der Waals surface area (Å²) in [5, 5.41) is 8.25. The number of halogens is 1. The average molecular weight is 276 g/mol. The highest BCUT2D eigenvalue weighted by atomic mass is 127. The van der Waals surface area contributed by atoms with Crippen molar-refractivity contribution in [3.05, 3.63) is 27.3 Å². The van der Waals surface area contributed by atoms with E-state index in [1.807, 2.05) is 30.6 Å². The predicted molar refractivity (Wildman–Crippen MR) is 57.0 cm³/mol. The van der Waals surface area contributed by atoms with Crippen molar-refractivity contribution >= 4 is 34.6 Å². The maximum atomic E-state index is 8.25. The highest BCUT2D eigenvalue weighted by Gasteiger charge is 1.94. The van der Waals surface area contributed by atoms with Crippen molar-refractivity contribution in [2.45, 2.75) is 6.92 Å². The van der Waals surface area contributed by atoms with E-state index in [-0.39, 0.29) is 0 Å². The van der Waals surface area contributed by atoms with E-state index >= 15 is 0 Å². The van der Waals surface area contributed by atoms with E-state index in [1.165, 1.54) is 15.5 Å². The van der Waals surface area contributed by atoms with E-state index in [0.29, 0.717) is 0 Å². The van der Waals surface area contributed by atoms with Crippen molar-refractivity contribution in [1.29, 1.82) is 0 Å². The normalized spacial score (nSPS) is 10.6. The number of nitrogens with zero attached hydrogens (tertiary/aromatic N) is 1. The lowest BCUT2D eigenvalue weighted by Crippen LogP contribution is -2.00. The van der Waals surface area contributed by atoms with Crippen LogP contribution in [0.25, 0.3) is 0 Å². The molecule has 0 aliphatic rings. The topological polar surface area (TPSA) is 44.6 Å². The molecule has 0 amide bonds. The van der Waals surface area contributed by atoms with Crippen molar-refractivity contribution in [2.24, 2.45) is 4.99 Å². The van der Waals surface area contributed by atoms with Gasteiger partial charge in [0, 0.05) is 3.57 Å². The zero-order chi connectivity index (χ0) is 8.97. The molecule has 0 atom stereocenters. The monoisotopic (exact) mass is 276 g/mol. The van der Waals surface area contributed by atoms with Crippen LogP contribution in [0.3, 0.4) is 0 Å². The first-order valence-electron chi connectivity index (χ1n) is 3.42. The SMILES string of the molecule is Cc1ccc(N=CNO)cc1I. The fourth-order valence-electron chi connectivity index (χ4n) is 0.765. The van der Waals surface area contributed by atoms with Gasteiger partial charge >= 0.3 is 0 Å². The first-order chi connectivity index (χ1) is 5.74. The summed E-state index contributed by atoms with van der Waals surface area (Å²) in [6, 6.07) is 5.83. The van der Waals surface area contributed by atoms with Gasteiger partial charge in [-0.2, -0.15) is 0 Å². The minimum Gasteiger partial charge on any atom is -0.290 e. The van der Waals surface area contributed by atoms with E-state index in [0.717, 1.165) is 5.69 Å². The van der Waals surface area contributed by atoms with Crippen LogP contribution >= 0.6 is 22.6 Å². The van der Waals surface area contributed by atoms with E-state index < -0.39 is 0 Å². The first-order valence-corrected chi connectivity index (χ1v) is 4.50. The van der Waals surface area contributed by atoms with Crippen LogP contribution in [0.5, 0.6) is 0 Å². The lowest BCUT2D eigenvalue weighted by atomic mass is 10.2. The van der Waals surface area contributed by atoms with Crippen LogP contribution < -0.4 is 5.48 Å². The molecule has 0 spiro atoms. The van der Waals surface area contributed by atoms with Gasteiger partial charge in [-0.3, -0.25) is 10.7 Å². The van der Waals surface area contributed by atoms with Gasteiger partial charge in [0.25, 0.3) is 0 Å². The molecule has 0 aliphatic heterocycles. The van der Waals surface area contributed by atoms with Crippen LogP contribution in [0.1, 0.15) is 5.56 Å². The van der Waals surface area contributed by atoms with Crippen molar-refractivity contribution in [3.8, 4) is 0 Å². The number of benzene rings is 1. The van der Waals surface area contributed by atoms with Crippen LogP contribution in [-0.2, 0) is 0 Å². The van der Waals surface area contributed by atoms with Gasteiger partial charge in [-0.05, 0) is 47.2 Å². The van der Waals surface area contributed by atoms with Gasteiger partial charge in [0.2, 0.25) is 0 Å². The van der Waals surface area contributed by atoms with Gasteiger partial charge in [0.1, 0.15) is 6.34 Å². The third-order valence-corrected chi connectivity index (χ3v) is 2.59. The molecule has 1 aromatic rings. The first kappa shape index (κ1) is 9.47. The molecule has 0 bridgehead atoms. The van der Waals surface area contributed by atoms with Crippen molar-refractivity contribution in [3.63, 3.8) is 0 Å². The highest BCUT2D eigenvalue weighted by molar-refractivity contribution is 14.1. The van der Waals surface area contributed by atoms with Crippen LogP contribution in [0.2, 0.25) is 0 Å². The van der Waals surface area contributed by atoms with Gasteiger partial charge in [0.05, 0.1) is 5.69 Å². The number of hydrogen-bond donors (Lipinski definition) is 2. The average Bonchev–Trinajstić information content (AvgIpc) is 2.07. The summed E-state index contributed by atoms with van der Waals surface area (Å²) in [5.74, 6) is 0. The standard InChI is InChI=1S/C8H9IN2O/c1-6-2-3-7(4-8(6)9)10-5-11-12/h2-5,12H,1H3,(H,10,11). The number of aryl methyl sites for hydroxylation is 1. The molecule has 0 aliphatic carbocycles. The van der Waals surface area contributed by atoms with Gasteiger partial charge in [0.15, 0.2) is 0 Å². The summed E-state index contributed by atoms with van der Waals surface area (Å²) in [5.41, 5.74) is 3.91. The Morgan fingerprint density at radius 1 is 1.58 bits per heavy atom. The van der Waals surface area contributed by atoms with Crippen LogP contribution in [0.4, 0.5) is 5.69 Å². The Bertz CT molecular complexity index is 299. The molecule has 0 radical (unpaired) electrons. The lowest BCUT2D eigenvalue weighted by molar-refractivity contribution is 0.240. The van der Waals surface area contributed by atoms with Gasteiger partial charge < -0.3 is 0 Å². The van der Waals surface area contributed by atoms with Crippen molar-refractivity contribution in [1.82, 2.24) is 5.48 Å². The molecule has 12 heavy (non-hydrogen) atoms. The molecule has 0 heterocycles. The fourth-order valence-corrected chi connectivity index (χ4v) is 1.26. The quantitative estimate of drug-likeness (QED) is 0.376. The Morgan fingerprint density at radius 3 is 2.92 bits per heavy atom. The van der Waals surface area contributed by atoms with Crippen LogP contribution in [0, 0.1) is 10.5 Å². The van der Waals surface area contributed by atoms with Crippen molar-refractivity contribution in [2.75, 3.05) is 0 Å². The largest absolute Gasteiger partial charge is 0.290 e. The number of aliphatic imine (C=N–C) groups is 1. The number of nitrogens with one attached hydrogen (secondary N) is 1. The fraction of sp³-hybridized carbons (Fsp3) is 0.125. The van der Waals surface area contributed by atoms with E-state index in [2.05, 4.69) is 27.6 Å². The molecule has 0 aromatic heterocycles. The van der Waals surface area contributed by atoms with Gasteiger partial charge in [-0.25, -0.2) is 4.99 Å². The Morgan fingerprint density at radius 2 is 2.33 bits per heavy atom. The maximum absolute atomic E-state index is 8.25. The minimum absolute atomic E-state index is 0.826. The van der Waals surface area contributed by atoms with Gasteiger partial charge in [-0.1, -0.05) is 6.07 Å². The predicted octanol–water partition coefficient (Wildman–Crippen LogP) is 2.24. The zero-order valence-corrected chi connectivity index (χ0v) is 8.74. The molecule has 0 saturated heterocycles. The summed E-state index contributed by atoms with van der Waals surface area (Å²) in [6.45, 7) is 2.04. The molecular weight excluding hydrogens is 267 g/mol. The number of rotatable bonds is 2. The molecule has 1 aromatic carbocycles. The lowest BCUT2D eigenvalue weighted by Gasteiger charge is -1.98. The molecule has 2 N–H and O–H groups in total. The van der Waals surface area contributed by atoms with E-state index in [1.54, 1.807) is 0 Å².